The van der Waals surface area contributed by atoms with E-state index in [9.17, 15) is 14.9 Å². The lowest BCUT2D eigenvalue weighted by Crippen LogP contribution is -2.18. The molecule has 0 atom stereocenters. The highest BCUT2D eigenvalue weighted by Gasteiger charge is 2.09. The Hall–Kier alpha value is -4.99. The molecule has 182 valence electrons. The number of non-ortho nitro benzene ring substituents is 1. The van der Waals surface area contributed by atoms with Crippen LogP contribution in [0.25, 0.3) is 0 Å². The van der Waals surface area contributed by atoms with Crippen molar-refractivity contribution < 1.29 is 19.2 Å². The minimum atomic E-state index is -0.463. The van der Waals surface area contributed by atoms with Crippen molar-refractivity contribution in [3.63, 3.8) is 0 Å². The number of rotatable bonds is 10. The van der Waals surface area contributed by atoms with Crippen LogP contribution in [0.2, 0.25) is 0 Å². The van der Waals surface area contributed by atoms with Gasteiger partial charge in [-0.3, -0.25) is 19.6 Å². The minimum absolute atomic E-state index is 0.00222. The molecule has 0 aliphatic heterocycles. The van der Waals surface area contributed by atoms with E-state index in [0.717, 1.165) is 16.7 Å². The fraction of sp³-hybridized carbons (Fsp3) is 0.115. The molecule has 0 saturated carbocycles. The molecular formula is C26H23N5O5. The number of hydrogen-bond donors (Lipinski definition) is 1. The smallest absolute Gasteiger partial charge is 0.271 e. The number of nitrogens with zero attached hydrogens (tertiary/aromatic N) is 4. The van der Waals surface area contributed by atoms with Crippen LogP contribution < -0.4 is 14.9 Å². The Morgan fingerprint density at radius 1 is 1.14 bits per heavy atom. The van der Waals surface area contributed by atoms with Gasteiger partial charge in [-0.15, -0.1) is 0 Å². The molecule has 4 aromatic rings. The van der Waals surface area contributed by atoms with Crippen molar-refractivity contribution in [2.45, 2.75) is 13.2 Å². The molecule has 0 bridgehead atoms. The van der Waals surface area contributed by atoms with Crippen molar-refractivity contribution in [3.05, 3.63) is 118 Å². The van der Waals surface area contributed by atoms with E-state index in [1.807, 2.05) is 36.5 Å². The maximum Gasteiger partial charge on any atom is 0.271 e. The van der Waals surface area contributed by atoms with Crippen LogP contribution in [0.4, 0.5) is 5.69 Å². The summed E-state index contributed by atoms with van der Waals surface area (Å²) in [6.07, 6.45) is 5.09. The van der Waals surface area contributed by atoms with Gasteiger partial charge in [0.15, 0.2) is 0 Å². The molecular weight excluding hydrogens is 462 g/mol. The summed E-state index contributed by atoms with van der Waals surface area (Å²) in [5, 5.41) is 19.0. The molecule has 0 saturated heterocycles. The van der Waals surface area contributed by atoms with Crippen LogP contribution in [0, 0.1) is 10.1 Å². The van der Waals surface area contributed by atoms with Crippen molar-refractivity contribution >= 4 is 17.8 Å². The van der Waals surface area contributed by atoms with Crippen LogP contribution in [0.15, 0.2) is 90.3 Å². The highest BCUT2D eigenvalue weighted by atomic mass is 16.6. The van der Waals surface area contributed by atoms with Gasteiger partial charge in [0.05, 0.1) is 24.8 Å². The molecule has 1 heterocycles. The quantitative estimate of drug-likeness (QED) is 0.204. The molecule has 4 rings (SSSR count). The van der Waals surface area contributed by atoms with Crippen LogP contribution >= 0.6 is 0 Å². The minimum Gasteiger partial charge on any atom is -0.496 e. The first kappa shape index (κ1) is 24.1. The number of nitro groups is 1. The van der Waals surface area contributed by atoms with Crippen molar-refractivity contribution in [2.75, 3.05) is 7.11 Å². The topological polar surface area (TPSA) is 121 Å². The summed E-state index contributed by atoms with van der Waals surface area (Å²) in [5.74, 6) is 0.761. The fourth-order valence-electron chi connectivity index (χ4n) is 3.41. The number of carbonyl (C=O) groups excluding carboxylic acids is 1. The van der Waals surface area contributed by atoms with E-state index in [4.69, 9.17) is 9.47 Å². The van der Waals surface area contributed by atoms with Crippen molar-refractivity contribution in [3.8, 4) is 11.5 Å². The van der Waals surface area contributed by atoms with Crippen LogP contribution in [0.1, 0.15) is 27.0 Å². The molecule has 0 radical (unpaired) electrons. The van der Waals surface area contributed by atoms with Gasteiger partial charge in [0, 0.05) is 35.7 Å². The third-order valence-electron chi connectivity index (χ3n) is 5.23. The Morgan fingerprint density at radius 2 is 1.97 bits per heavy atom. The summed E-state index contributed by atoms with van der Waals surface area (Å²) >= 11 is 0. The Bertz CT molecular complexity index is 1370. The Kier molecular flexibility index (Phi) is 7.66. The number of ether oxygens (including phenoxy) is 2. The molecule has 10 heteroatoms. The number of aromatic nitrogens is 2. The zero-order valence-corrected chi connectivity index (χ0v) is 19.4. The van der Waals surface area contributed by atoms with E-state index < -0.39 is 4.92 Å². The summed E-state index contributed by atoms with van der Waals surface area (Å²) < 4.78 is 12.9. The first-order chi connectivity index (χ1) is 17.5. The van der Waals surface area contributed by atoms with Crippen molar-refractivity contribution in [1.29, 1.82) is 0 Å². The van der Waals surface area contributed by atoms with E-state index in [-0.39, 0.29) is 18.2 Å². The largest absolute Gasteiger partial charge is 0.496 e. The fourth-order valence-corrected chi connectivity index (χ4v) is 3.41. The van der Waals surface area contributed by atoms with Crippen LogP contribution in [0.5, 0.6) is 11.5 Å². The molecule has 3 aromatic carbocycles. The number of carbonyl (C=O) groups is 1. The second-order valence-electron chi connectivity index (χ2n) is 7.71. The van der Waals surface area contributed by atoms with Gasteiger partial charge in [0.1, 0.15) is 18.1 Å². The monoisotopic (exact) mass is 485 g/mol. The third-order valence-corrected chi connectivity index (χ3v) is 5.23. The lowest BCUT2D eigenvalue weighted by Gasteiger charge is -2.11. The normalized spacial score (nSPS) is 10.8. The van der Waals surface area contributed by atoms with E-state index >= 15 is 0 Å². The molecule has 0 unspecified atom stereocenters. The number of amides is 1. The van der Waals surface area contributed by atoms with Gasteiger partial charge >= 0.3 is 0 Å². The summed E-state index contributed by atoms with van der Waals surface area (Å²) in [5.41, 5.74) is 5.49. The van der Waals surface area contributed by atoms with Gasteiger partial charge in [-0.1, -0.05) is 24.3 Å². The third kappa shape index (κ3) is 6.32. The van der Waals surface area contributed by atoms with E-state index in [1.165, 1.54) is 18.3 Å². The average Bonchev–Trinajstić information content (AvgIpc) is 3.41. The first-order valence-corrected chi connectivity index (χ1v) is 11.0. The lowest BCUT2D eigenvalue weighted by atomic mass is 10.1. The van der Waals surface area contributed by atoms with Crippen molar-refractivity contribution in [1.82, 2.24) is 15.2 Å². The standard InChI is InChI=1S/C26H23N5O5/c1-35-25-15-19(6-7-22(25)18-36-24-10-8-23(9-11-24)31(33)34)16-27-29-26(32)21-5-2-4-20(14-21)17-30-13-3-12-28-30/h2-16H,17-18H2,1H3,(H,29,32). The molecule has 1 aromatic heterocycles. The van der Waals surface area contributed by atoms with E-state index in [1.54, 1.807) is 48.3 Å². The molecule has 0 aliphatic rings. The second-order valence-corrected chi connectivity index (χ2v) is 7.71. The van der Waals surface area contributed by atoms with Gasteiger partial charge in [-0.05, 0) is 47.5 Å². The number of hydrazone groups is 1. The molecule has 1 amide bonds. The maximum atomic E-state index is 12.5. The van der Waals surface area contributed by atoms with Gasteiger partial charge in [-0.2, -0.15) is 10.2 Å². The number of hydrogen-bond acceptors (Lipinski definition) is 7. The molecule has 36 heavy (non-hydrogen) atoms. The summed E-state index contributed by atoms with van der Waals surface area (Å²) in [7, 11) is 1.55. The maximum absolute atomic E-state index is 12.5. The second kappa shape index (κ2) is 11.4. The number of nitro benzene ring substituents is 1. The highest BCUT2D eigenvalue weighted by molar-refractivity contribution is 5.95. The van der Waals surface area contributed by atoms with Crippen LogP contribution in [-0.2, 0) is 13.2 Å². The predicted molar refractivity (Wildman–Crippen MR) is 133 cm³/mol. The van der Waals surface area contributed by atoms with Gasteiger partial charge in [0.2, 0.25) is 0 Å². The Labute approximate surface area is 206 Å². The van der Waals surface area contributed by atoms with E-state index in [0.29, 0.717) is 23.6 Å². The van der Waals surface area contributed by atoms with Gasteiger partial charge in [0.25, 0.3) is 11.6 Å². The summed E-state index contributed by atoms with van der Waals surface area (Å²) in [6, 6.07) is 20.4. The summed E-state index contributed by atoms with van der Waals surface area (Å²) in [6.45, 7) is 0.779. The Morgan fingerprint density at radius 3 is 2.69 bits per heavy atom. The van der Waals surface area contributed by atoms with Crippen LogP contribution in [0.3, 0.4) is 0 Å². The predicted octanol–water partition coefficient (Wildman–Crippen LogP) is 4.19. The summed E-state index contributed by atoms with van der Waals surface area (Å²) in [4.78, 5) is 22.8. The highest BCUT2D eigenvalue weighted by Crippen LogP contribution is 2.23. The van der Waals surface area contributed by atoms with Crippen LogP contribution in [-0.4, -0.2) is 33.9 Å². The lowest BCUT2D eigenvalue weighted by molar-refractivity contribution is -0.384. The number of methoxy groups -OCH3 is 1. The Balaban J connectivity index is 1.35. The van der Waals surface area contributed by atoms with Gasteiger partial charge < -0.3 is 9.47 Å². The molecule has 1 N–H and O–H groups in total. The molecule has 10 nitrogen and oxygen atoms in total. The van der Waals surface area contributed by atoms with Crippen molar-refractivity contribution in [2.24, 2.45) is 5.10 Å². The average molecular weight is 486 g/mol. The molecule has 0 spiro atoms. The van der Waals surface area contributed by atoms with Gasteiger partial charge in [-0.25, -0.2) is 5.43 Å². The SMILES string of the molecule is COc1cc(C=NNC(=O)c2cccc(Cn3cccn3)c2)ccc1COc1ccc([N+](=O)[O-])cc1. The first-order valence-electron chi connectivity index (χ1n) is 11.0. The zero-order valence-electron chi connectivity index (χ0n) is 19.4. The number of nitrogens with one attached hydrogen (secondary N) is 1. The number of benzene rings is 3. The molecule has 0 aliphatic carbocycles. The van der Waals surface area contributed by atoms with E-state index in [2.05, 4.69) is 15.6 Å². The molecule has 0 fully saturated rings. The zero-order chi connectivity index (χ0) is 25.3.